The van der Waals surface area contributed by atoms with E-state index in [2.05, 4.69) is 11.2 Å². The lowest BCUT2D eigenvalue weighted by Crippen LogP contribution is -2.23. The van der Waals surface area contributed by atoms with Gasteiger partial charge < -0.3 is 4.52 Å². The summed E-state index contributed by atoms with van der Waals surface area (Å²) in [7, 11) is -3.11. The third kappa shape index (κ3) is 2.56. The van der Waals surface area contributed by atoms with Crippen molar-refractivity contribution in [3.63, 3.8) is 0 Å². The number of fused-ring (bicyclic) bond motifs is 1. The highest BCUT2D eigenvalue weighted by atomic mass is 31.2. The minimum Gasteiger partial charge on any atom is -0.418 e. The lowest BCUT2D eigenvalue weighted by molar-refractivity contribution is 0.374. The van der Waals surface area contributed by atoms with E-state index in [0.717, 1.165) is 37.2 Å². The molecule has 0 saturated carbocycles. The van der Waals surface area contributed by atoms with E-state index in [-0.39, 0.29) is 0 Å². The summed E-state index contributed by atoms with van der Waals surface area (Å²) in [5, 5.41) is 0. The van der Waals surface area contributed by atoms with Crippen molar-refractivity contribution in [2.45, 2.75) is 18.9 Å². The van der Waals surface area contributed by atoms with Crippen LogP contribution < -0.4 is 9.19 Å². The van der Waals surface area contributed by atoms with Gasteiger partial charge in [-0.25, -0.2) is 4.57 Å². The summed E-state index contributed by atoms with van der Waals surface area (Å²) >= 11 is 0. The predicted octanol–water partition coefficient (Wildman–Crippen LogP) is 4.80. The summed E-state index contributed by atoms with van der Waals surface area (Å²) in [5.41, 5.74) is 1.98. The quantitative estimate of drug-likeness (QED) is 0.749. The van der Waals surface area contributed by atoms with E-state index >= 15 is 0 Å². The smallest absolute Gasteiger partial charge is 0.418 e. The molecule has 2 unspecified atom stereocenters. The molecule has 2 heterocycles. The van der Waals surface area contributed by atoms with Gasteiger partial charge in [0.1, 0.15) is 5.75 Å². The Bertz CT molecular complexity index is 776. The van der Waals surface area contributed by atoms with Crippen LogP contribution in [0.3, 0.4) is 0 Å². The van der Waals surface area contributed by atoms with E-state index < -0.39 is 7.67 Å². The number of nitrogens with zero attached hydrogens (tertiary/aromatic N) is 2. The minimum atomic E-state index is -3.11. The van der Waals surface area contributed by atoms with E-state index in [1.807, 2.05) is 59.3 Å². The number of anilines is 1. The second kappa shape index (κ2) is 6.12. The fraction of sp³-hybridized carbons (Fsp3) is 0.263. The molecule has 2 aliphatic rings. The van der Waals surface area contributed by atoms with Gasteiger partial charge in [0.25, 0.3) is 0 Å². The molecule has 0 radical (unpaired) electrons. The Labute approximate surface area is 142 Å². The van der Waals surface area contributed by atoms with Gasteiger partial charge in [0.15, 0.2) is 0 Å². The monoisotopic (exact) mass is 340 g/mol. The maximum Gasteiger partial charge on any atom is 0.422 e. The van der Waals surface area contributed by atoms with Crippen molar-refractivity contribution in [2.75, 3.05) is 17.8 Å². The van der Waals surface area contributed by atoms with E-state index in [0.29, 0.717) is 11.8 Å². The third-order valence-corrected chi connectivity index (χ3v) is 7.38. The van der Waals surface area contributed by atoms with E-state index in [4.69, 9.17) is 4.52 Å². The molecule has 2 aromatic rings. The van der Waals surface area contributed by atoms with Crippen molar-refractivity contribution in [1.82, 2.24) is 4.67 Å². The first-order valence-corrected chi connectivity index (χ1v) is 9.86. The standard InChI is InChI=1S/C19H21N2O2P/c1-2-16-10-12-19(13-11-16)23-24(22)20-14-6-9-18(20)15-21(24)17-7-4-3-5-8-17/h2-5,7-8,10-13,18H,1,6,9,14-15H2. The average Bonchev–Trinajstić information content (AvgIpc) is 3.19. The number of para-hydroxylation sites is 1. The lowest BCUT2D eigenvalue weighted by atomic mass is 10.2. The molecular formula is C19H21N2O2P. The normalized spacial score (nSPS) is 26.3. The molecule has 2 aromatic carbocycles. The highest BCUT2D eigenvalue weighted by Gasteiger charge is 2.53. The maximum atomic E-state index is 13.9. The van der Waals surface area contributed by atoms with Crippen LogP contribution in [0.25, 0.3) is 6.08 Å². The summed E-state index contributed by atoms with van der Waals surface area (Å²) in [4.78, 5) is 0. The van der Waals surface area contributed by atoms with Crippen LogP contribution in [0.1, 0.15) is 18.4 Å². The molecule has 2 aliphatic heterocycles. The summed E-state index contributed by atoms with van der Waals surface area (Å²) < 4.78 is 24.0. The van der Waals surface area contributed by atoms with Gasteiger partial charge in [-0.3, -0.25) is 4.67 Å². The van der Waals surface area contributed by atoms with Gasteiger partial charge >= 0.3 is 7.67 Å². The largest absolute Gasteiger partial charge is 0.422 e. The van der Waals surface area contributed by atoms with Crippen LogP contribution in [0.15, 0.2) is 61.2 Å². The molecule has 0 amide bonds. The highest BCUT2D eigenvalue weighted by molar-refractivity contribution is 7.59. The molecule has 0 aromatic heterocycles. The Morgan fingerprint density at radius 1 is 1.12 bits per heavy atom. The van der Waals surface area contributed by atoms with Gasteiger partial charge in [-0.2, -0.15) is 4.67 Å². The number of hydrogen-bond donors (Lipinski definition) is 0. The van der Waals surface area contributed by atoms with Crippen LogP contribution in [-0.2, 0) is 4.57 Å². The molecule has 2 saturated heterocycles. The number of benzene rings is 2. The van der Waals surface area contributed by atoms with Crippen molar-refractivity contribution in [3.05, 3.63) is 66.7 Å². The second-order valence-corrected chi connectivity index (χ2v) is 8.39. The van der Waals surface area contributed by atoms with E-state index in [1.165, 1.54) is 0 Å². The molecule has 0 spiro atoms. The molecule has 2 fully saturated rings. The maximum absolute atomic E-state index is 13.9. The van der Waals surface area contributed by atoms with Gasteiger partial charge in [0.2, 0.25) is 0 Å². The zero-order valence-corrected chi connectivity index (χ0v) is 14.4. The van der Waals surface area contributed by atoms with Crippen molar-refractivity contribution in [2.24, 2.45) is 0 Å². The Hall–Kier alpha value is -2.03. The van der Waals surface area contributed by atoms with E-state index in [1.54, 1.807) is 6.08 Å². The Kier molecular flexibility index (Phi) is 3.95. The Balaban J connectivity index is 1.69. The van der Waals surface area contributed by atoms with Crippen molar-refractivity contribution < 1.29 is 9.09 Å². The molecule has 0 aliphatic carbocycles. The van der Waals surface area contributed by atoms with Crippen LogP contribution in [-0.4, -0.2) is 23.8 Å². The second-order valence-electron chi connectivity index (χ2n) is 6.23. The molecule has 2 atom stereocenters. The first-order chi connectivity index (χ1) is 11.7. The van der Waals surface area contributed by atoms with Gasteiger partial charge in [0, 0.05) is 24.8 Å². The molecule has 4 rings (SSSR count). The zero-order valence-electron chi connectivity index (χ0n) is 13.5. The fourth-order valence-electron chi connectivity index (χ4n) is 3.54. The first kappa shape index (κ1) is 15.5. The van der Waals surface area contributed by atoms with Crippen LogP contribution in [0.2, 0.25) is 0 Å². The molecule has 5 heteroatoms. The van der Waals surface area contributed by atoms with Gasteiger partial charge in [0.05, 0.1) is 0 Å². The van der Waals surface area contributed by atoms with Gasteiger partial charge in [-0.15, -0.1) is 0 Å². The van der Waals surface area contributed by atoms with Gasteiger partial charge in [-0.1, -0.05) is 43.0 Å². The lowest BCUT2D eigenvalue weighted by Gasteiger charge is -2.30. The SMILES string of the molecule is C=Cc1ccc(OP2(=O)N(c3ccccc3)CC3CCCN32)cc1. The minimum absolute atomic E-state index is 0.309. The average molecular weight is 340 g/mol. The molecular weight excluding hydrogens is 319 g/mol. The number of rotatable bonds is 4. The van der Waals surface area contributed by atoms with Crippen LogP contribution in [0.4, 0.5) is 5.69 Å². The molecule has 0 bridgehead atoms. The van der Waals surface area contributed by atoms with Crippen LogP contribution >= 0.6 is 7.67 Å². The Morgan fingerprint density at radius 2 is 1.88 bits per heavy atom. The third-order valence-electron chi connectivity index (χ3n) is 4.75. The zero-order chi connectivity index (χ0) is 16.6. The summed E-state index contributed by atoms with van der Waals surface area (Å²) in [6.45, 7) is 5.35. The van der Waals surface area contributed by atoms with Crippen molar-refractivity contribution in [3.8, 4) is 5.75 Å². The Morgan fingerprint density at radius 3 is 2.58 bits per heavy atom. The summed E-state index contributed by atoms with van der Waals surface area (Å²) in [5.74, 6) is 0.636. The topological polar surface area (TPSA) is 32.8 Å². The van der Waals surface area contributed by atoms with Crippen LogP contribution in [0.5, 0.6) is 5.75 Å². The summed E-state index contributed by atoms with van der Waals surface area (Å²) in [6, 6.07) is 17.8. The highest BCUT2D eigenvalue weighted by Crippen LogP contribution is 2.62. The molecule has 4 nitrogen and oxygen atoms in total. The molecule has 0 N–H and O–H groups in total. The van der Waals surface area contributed by atoms with Gasteiger partial charge in [-0.05, 0) is 42.7 Å². The predicted molar refractivity (Wildman–Crippen MR) is 98.3 cm³/mol. The molecule has 124 valence electrons. The summed E-state index contributed by atoms with van der Waals surface area (Å²) in [6.07, 6.45) is 3.94. The van der Waals surface area contributed by atoms with Crippen LogP contribution in [0, 0.1) is 0 Å². The first-order valence-electron chi connectivity index (χ1n) is 8.33. The molecule has 24 heavy (non-hydrogen) atoms. The number of hydrogen-bond acceptors (Lipinski definition) is 2. The van der Waals surface area contributed by atoms with E-state index in [9.17, 15) is 4.57 Å². The van der Waals surface area contributed by atoms with Crippen molar-refractivity contribution >= 4 is 19.4 Å². The fourth-order valence-corrected chi connectivity index (χ4v) is 6.23. The van der Waals surface area contributed by atoms with Crippen molar-refractivity contribution in [1.29, 1.82) is 0 Å².